The number of unbranched alkanes of at least 4 members (excludes halogenated alkanes) is 1. The highest BCUT2D eigenvalue weighted by Crippen LogP contribution is 2.13. The van der Waals surface area contributed by atoms with Gasteiger partial charge < -0.3 is 79.5 Å². The van der Waals surface area contributed by atoms with E-state index in [0.717, 1.165) is 0 Å². The molecule has 0 aromatic rings. The van der Waals surface area contributed by atoms with E-state index >= 15 is 0 Å². The third-order valence-electron chi connectivity index (χ3n) is 10.5. The van der Waals surface area contributed by atoms with Crippen LogP contribution in [0.25, 0.3) is 0 Å². The molecule has 8 amide bonds. The van der Waals surface area contributed by atoms with Crippen LogP contribution in [0, 0.1) is 23.7 Å². The minimum Gasteiger partial charge on any atom is -0.481 e. The van der Waals surface area contributed by atoms with Crippen molar-refractivity contribution in [3.63, 3.8) is 0 Å². The second-order valence-corrected chi connectivity index (χ2v) is 18.7. The van der Waals surface area contributed by atoms with Gasteiger partial charge in [0.25, 0.3) is 0 Å². The van der Waals surface area contributed by atoms with Crippen LogP contribution in [0.2, 0.25) is 0 Å². The summed E-state index contributed by atoms with van der Waals surface area (Å²) in [6, 6.07) is -13.1. The van der Waals surface area contributed by atoms with Crippen LogP contribution in [0.4, 0.5) is 0 Å². The highest BCUT2D eigenvalue weighted by atomic mass is 16.4. The molecule has 0 aliphatic carbocycles. The van der Waals surface area contributed by atoms with Crippen molar-refractivity contribution in [1.82, 2.24) is 42.5 Å². The molecule has 0 radical (unpaired) electrons. The summed E-state index contributed by atoms with van der Waals surface area (Å²) >= 11 is 0. The Morgan fingerprint density at radius 3 is 1.25 bits per heavy atom. The molecule has 25 nitrogen and oxygen atoms in total. The second kappa shape index (κ2) is 32.3. The number of rotatable bonds is 34. The quantitative estimate of drug-likeness (QED) is 0.0277. The van der Waals surface area contributed by atoms with Crippen LogP contribution in [0.1, 0.15) is 114 Å². The van der Waals surface area contributed by atoms with Gasteiger partial charge in [0.1, 0.15) is 54.4 Å². The molecule has 10 atom stereocenters. The van der Waals surface area contributed by atoms with Crippen molar-refractivity contribution in [2.24, 2.45) is 35.1 Å². The number of aliphatic hydroxyl groups is 3. The Hall–Kier alpha value is -5.50. The summed E-state index contributed by atoms with van der Waals surface area (Å²) in [5, 5.41) is 68.5. The molecular formula is C44H80N10O15. The van der Waals surface area contributed by atoms with Crippen molar-refractivity contribution in [2.75, 3.05) is 19.8 Å². The van der Waals surface area contributed by atoms with Gasteiger partial charge in [0.15, 0.2) is 0 Å². The molecule has 0 saturated carbocycles. The standard InChI is InChI=1S/C44H80N10O15/c1-21(2)16-29(49-36(60)26(46)19-55)40(64)52-32(20-56)41(65)48-28(13-14-33(58)59)37(61)47-27(12-10-11-15-45)38(62)54-35(25(9)57)43(67)53-34(24(7)8)42(66)50-30(17-22(3)4)39(63)51-31(44(68)69)18-23(5)6/h21-32,34-35,55-57H,10-20,45-46H2,1-9H3,(H,47,61)(H,48,65)(H,49,60)(H,50,66)(H,51,63)(H,52,64)(H,53,67)(H,54,62)(H,58,59)(H,68,69)/t25-,26+,27+,28+,29+,30+,31+,32+,34+,35+/m1/s1. The van der Waals surface area contributed by atoms with Crippen molar-refractivity contribution in [3.05, 3.63) is 0 Å². The number of carbonyl (C=O) groups excluding carboxylic acids is 8. The Balaban J connectivity index is 6.51. The fraction of sp³-hybridized carbons (Fsp3) is 0.773. The van der Waals surface area contributed by atoms with E-state index in [-0.39, 0.29) is 56.4 Å². The van der Waals surface area contributed by atoms with E-state index in [1.165, 1.54) is 6.92 Å². The molecule has 0 aromatic heterocycles. The number of aliphatic hydroxyl groups excluding tert-OH is 3. The van der Waals surface area contributed by atoms with Crippen molar-refractivity contribution in [1.29, 1.82) is 0 Å². The van der Waals surface area contributed by atoms with E-state index < -0.39 is 152 Å². The molecule has 0 bridgehead atoms. The van der Waals surface area contributed by atoms with Gasteiger partial charge in [-0.25, -0.2) is 4.79 Å². The smallest absolute Gasteiger partial charge is 0.326 e. The number of carboxylic acids is 2. The van der Waals surface area contributed by atoms with Crippen LogP contribution >= 0.6 is 0 Å². The molecule has 0 aliphatic heterocycles. The predicted octanol–water partition coefficient (Wildman–Crippen LogP) is -3.57. The average Bonchev–Trinajstić information content (AvgIpc) is 3.25. The first-order chi connectivity index (χ1) is 32.1. The molecule has 0 rings (SSSR count). The van der Waals surface area contributed by atoms with Gasteiger partial charge in [-0.15, -0.1) is 0 Å². The molecular weight excluding hydrogens is 909 g/mol. The van der Waals surface area contributed by atoms with E-state index in [9.17, 15) is 73.5 Å². The van der Waals surface area contributed by atoms with Gasteiger partial charge >= 0.3 is 11.9 Å². The number of aliphatic carboxylic acids is 2. The van der Waals surface area contributed by atoms with Crippen molar-refractivity contribution in [2.45, 2.75) is 174 Å². The summed E-state index contributed by atoms with van der Waals surface area (Å²) in [5.74, 6) is -11.3. The fourth-order valence-corrected chi connectivity index (χ4v) is 6.74. The average molecular weight is 989 g/mol. The molecule has 0 fully saturated rings. The van der Waals surface area contributed by atoms with E-state index in [2.05, 4.69) is 42.5 Å². The molecule has 0 spiro atoms. The highest BCUT2D eigenvalue weighted by Gasteiger charge is 2.37. The van der Waals surface area contributed by atoms with Gasteiger partial charge in [-0.3, -0.25) is 43.2 Å². The van der Waals surface area contributed by atoms with Crippen LogP contribution in [0.5, 0.6) is 0 Å². The van der Waals surface area contributed by atoms with Crippen LogP contribution < -0.4 is 54.0 Å². The zero-order chi connectivity index (χ0) is 53.3. The van der Waals surface area contributed by atoms with Crippen LogP contribution in [-0.2, 0) is 47.9 Å². The van der Waals surface area contributed by atoms with E-state index in [1.54, 1.807) is 55.4 Å². The maximum atomic E-state index is 13.9. The van der Waals surface area contributed by atoms with Crippen LogP contribution in [-0.4, -0.2) is 165 Å². The SMILES string of the molecule is CC(C)C[C@H](NC(=O)[C@H](CC(C)C)NC(=O)[C@@H](NC(=O)[C@@H](NC(=O)[C@H](CCCCN)NC(=O)[C@H](CCC(=O)O)NC(=O)[C@H](CO)NC(=O)[C@H](CC(C)C)NC(=O)[C@@H](N)CO)[C@@H](C)O)C(C)C)C(=O)O. The first kappa shape index (κ1) is 63.5. The number of amides is 8. The number of hydrogen-bond acceptors (Lipinski definition) is 15. The molecule has 0 saturated heterocycles. The van der Waals surface area contributed by atoms with Gasteiger partial charge in [0.2, 0.25) is 47.3 Å². The lowest BCUT2D eigenvalue weighted by Gasteiger charge is -2.30. The number of carboxylic acid groups (broad SMARTS) is 2. The second-order valence-electron chi connectivity index (χ2n) is 18.7. The summed E-state index contributed by atoms with van der Waals surface area (Å²) in [7, 11) is 0. The van der Waals surface area contributed by atoms with E-state index in [0.29, 0.717) is 6.42 Å². The molecule has 396 valence electrons. The molecule has 0 aliphatic rings. The first-order valence-corrected chi connectivity index (χ1v) is 23.3. The molecule has 17 N–H and O–H groups in total. The fourth-order valence-electron chi connectivity index (χ4n) is 6.74. The zero-order valence-electron chi connectivity index (χ0n) is 41.3. The van der Waals surface area contributed by atoms with Gasteiger partial charge in [-0.05, 0) is 82.1 Å². The summed E-state index contributed by atoms with van der Waals surface area (Å²) in [6.45, 7) is 13.4. The summed E-state index contributed by atoms with van der Waals surface area (Å²) < 4.78 is 0. The number of carbonyl (C=O) groups is 10. The molecule has 0 heterocycles. The van der Waals surface area contributed by atoms with Gasteiger partial charge in [-0.2, -0.15) is 0 Å². The van der Waals surface area contributed by atoms with Crippen LogP contribution in [0.15, 0.2) is 0 Å². The van der Waals surface area contributed by atoms with Gasteiger partial charge in [-0.1, -0.05) is 55.4 Å². The summed E-state index contributed by atoms with van der Waals surface area (Å²) in [5.41, 5.74) is 11.2. The zero-order valence-corrected chi connectivity index (χ0v) is 41.3. The Bertz CT molecular complexity index is 1710. The number of nitrogens with one attached hydrogen (secondary N) is 8. The maximum absolute atomic E-state index is 13.9. The van der Waals surface area contributed by atoms with Crippen LogP contribution in [0.3, 0.4) is 0 Å². The highest BCUT2D eigenvalue weighted by molar-refractivity contribution is 5.98. The summed E-state index contributed by atoms with van der Waals surface area (Å²) in [6.07, 6.45) is -2.07. The van der Waals surface area contributed by atoms with Crippen molar-refractivity contribution >= 4 is 59.2 Å². The normalized spacial score (nSPS) is 15.8. The third kappa shape index (κ3) is 24.6. The van der Waals surface area contributed by atoms with E-state index in [1.807, 2.05) is 0 Å². The Kier molecular flexibility index (Phi) is 29.8. The first-order valence-electron chi connectivity index (χ1n) is 23.3. The van der Waals surface area contributed by atoms with Crippen molar-refractivity contribution in [3.8, 4) is 0 Å². The maximum Gasteiger partial charge on any atom is 0.326 e. The van der Waals surface area contributed by atoms with Crippen molar-refractivity contribution < 1.29 is 73.5 Å². The topological polar surface area (TPSA) is 420 Å². The lowest BCUT2D eigenvalue weighted by molar-refractivity contribution is -0.143. The lowest BCUT2D eigenvalue weighted by Crippen LogP contribution is -2.62. The predicted molar refractivity (Wildman–Crippen MR) is 250 cm³/mol. The summed E-state index contributed by atoms with van der Waals surface area (Å²) in [4.78, 5) is 131. The molecule has 0 unspecified atom stereocenters. The largest absolute Gasteiger partial charge is 0.481 e. The Labute approximate surface area is 403 Å². The minimum atomic E-state index is -1.75. The van der Waals surface area contributed by atoms with E-state index in [4.69, 9.17) is 11.5 Å². The van der Waals surface area contributed by atoms with Gasteiger partial charge in [0.05, 0.1) is 19.3 Å². The lowest BCUT2D eigenvalue weighted by atomic mass is 9.98. The third-order valence-corrected chi connectivity index (χ3v) is 10.5. The minimum absolute atomic E-state index is 0.0492. The molecule has 25 heteroatoms. The number of nitrogens with two attached hydrogens (primary N) is 2. The molecule has 0 aromatic carbocycles. The Morgan fingerprint density at radius 1 is 0.449 bits per heavy atom. The monoisotopic (exact) mass is 989 g/mol. The molecule has 69 heavy (non-hydrogen) atoms. The number of hydrogen-bond donors (Lipinski definition) is 15. The Morgan fingerprint density at radius 2 is 0.826 bits per heavy atom. The van der Waals surface area contributed by atoms with Gasteiger partial charge in [0, 0.05) is 6.42 Å².